The topological polar surface area (TPSA) is 29.3 Å². The summed E-state index contributed by atoms with van der Waals surface area (Å²) in [5, 5.41) is 0. The van der Waals surface area contributed by atoms with E-state index in [1.807, 2.05) is 11.8 Å². The average Bonchev–Trinajstić information content (AvgIpc) is 2.00. The van der Waals surface area contributed by atoms with Gasteiger partial charge in [0, 0.05) is 19.1 Å². The van der Waals surface area contributed by atoms with Gasteiger partial charge in [0.05, 0.1) is 0 Å². The molecule has 0 amide bonds. The highest BCUT2D eigenvalue weighted by Crippen LogP contribution is 2.04. The second-order valence-electron chi connectivity index (χ2n) is 2.90. The van der Waals surface area contributed by atoms with Gasteiger partial charge >= 0.3 is 0 Å². The quantitative estimate of drug-likeness (QED) is 0.655. The summed E-state index contributed by atoms with van der Waals surface area (Å²) >= 11 is 1.91. The van der Waals surface area contributed by atoms with Crippen molar-refractivity contribution in [1.29, 1.82) is 0 Å². The summed E-state index contributed by atoms with van der Waals surface area (Å²) in [5.41, 5.74) is 5.45. The molecule has 68 valence electrons. The number of hydrogen-bond acceptors (Lipinski definition) is 3. The Labute approximate surface area is 74.5 Å². The smallest absolute Gasteiger partial charge is 0.0104 e. The van der Waals surface area contributed by atoms with Crippen LogP contribution in [0.1, 0.15) is 13.3 Å². The van der Waals surface area contributed by atoms with Crippen molar-refractivity contribution >= 4 is 11.8 Å². The Morgan fingerprint density at radius 2 is 2.18 bits per heavy atom. The summed E-state index contributed by atoms with van der Waals surface area (Å²) in [7, 11) is 2.14. The predicted molar refractivity (Wildman–Crippen MR) is 54.1 cm³/mol. The van der Waals surface area contributed by atoms with Crippen LogP contribution in [0.5, 0.6) is 0 Å². The van der Waals surface area contributed by atoms with Crippen LogP contribution in [0.15, 0.2) is 0 Å². The number of thioether (sulfide) groups is 1. The van der Waals surface area contributed by atoms with Gasteiger partial charge in [-0.3, -0.25) is 0 Å². The first-order valence-electron chi connectivity index (χ1n) is 4.11. The number of hydrogen-bond donors (Lipinski definition) is 1. The molecule has 0 aromatic heterocycles. The number of rotatable bonds is 6. The Hall–Kier alpha value is 0.270. The van der Waals surface area contributed by atoms with Crippen molar-refractivity contribution in [1.82, 2.24) is 4.90 Å². The average molecular weight is 176 g/mol. The van der Waals surface area contributed by atoms with Gasteiger partial charge in [-0.05, 0) is 32.4 Å². The molecule has 11 heavy (non-hydrogen) atoms. The fraction of sp³-hybridized carbons (Fsp3) is 1.00. The Morgan fingerprint density at radius 3 is 2.64 bits per heavy atom. The summed E-state index contributed by atoms with van der Waals surface area (Å²) in [5.74, 6) is 1.25. The van der Waals surface area contributed by atoms with Crippen LogP contribution < -0.4 is 5.73 Å². The molecule has 0 aliphatic heterocycles. The molecule has 0 aliphatic carbocycles. The standard InChI is InChI=1S/C8H20N2S/c1-8(4-7-11-3)10(2)6-5-9/h8H,4-7,9H2,1-3H3. The lowest BCUT2D eigenvalue weighted by Gasteiger charge is -2.23. The zero-order valence-corrected chi connectivity index (χ0v) is 8.66. The molecule has 0 saturated carbocycles. The van der Waals surface area contributed by atoms with Crippen LogP contribution in [0.4, 0.5) is 0 Å². The summed E-state index contributed by atoms with van der Waals surface area (Å²) in [4.78, 5) is 2.32. The third kappa shape index (κ3) is 5.53. The maximum atomic E-state index is 5.45. The molecule has 0 aromatic rings. The minimum Gasteiger partial charge on any atom is -0.329 e. The van der Waals surface area contributed by atoms with E-state index >= 15 is 0 Å². The van der Waals surface area contributed by atoms with Crippen LogP contribution in [-0.4, -0.2) is 43.1 Å². The number of nitrogens with zero attached hydrogens (tertiary/aromatic N) is 1. The molecule has 0 rings (SSSR count). The molecule has 3 heteroatoms. The van der Waals surface area contributed by atoms with E-state index < -0.39 is 0 Å². The second-order valence-corrected chi connectivity index (χ2v) is 3.89. The van der Waals surface area contributed by atoms with E-state index in [9.17, 15) is 0 Å². The highest BCUT2D eigenvalue weighted by molar-refractivity contribution is 7.98. The van der Waals surface area contributed by atoms with Crippen molar-refractivity contribution in [2.45, 2.75) is 19.4 Å². The van der Waals surface area contributed by atoms with E-state index in [1.54, 1.807) is 0 Å². The lowest BCUT2D eigenvalue weighted by Crippen LogP contribution is -2.33. The van der Waals surface area contributed by atoms with E-state index in [1.165, 1.54) is 12.2 Å². The van der Waals surface area contributed by atoms with Crippen LogP contribution in [0.3, 0.4) is 0 Å². The fourth-order valence-corrected chi connectivity index (χ4v) is 1.51. The largest absolute Gasteiger partial charge is 0.329 e. The van der Waals surface area contributed by atoms with Crippen LogP contribution in [0, 0.1) is 0 Å². The minimum atomic E-state index is 0.672. The maximum Gasteiger partial charge on any atom is 0.0104 e. The molecule has 1 atom stereocenters. The van der Waals surface area contributed by atoms with Gasteiger partial charge in [-0.2, -0.15) is 11.8 Å². The second kappa shape index (κ2) is 6.95. The Bertz CT molecular complexity index is 88.2. The molecule has 0 aliphatic rings. The van der Waals surface area contributed by atoms with E-state index in [4.69, 9.17) is 5.73 Å². The molecule has 0 fully saturated rings. The van der Waals surface area contributed by atoms with Crippen molar-refractivity contribution < 1.29 is 0 Å². The van der Waals surface area contributed by atoms with Crippen LogP contribution >= 0.6 is 11.8 Å². The third-order valence-corrected chi connectivity index (χ3v) is 2.62. The summed E-state index contributed by atoms with van der Waals surface area (Å²) < 4.78 is 0. The van der Waals surface area contributed by atoms with Gasteiger partial charge in [0.2, 0.25) is 0 Å². The van der Waals surface area contributed by atoms with E-state index in [2.05, 4.69) is 25.1 Å². The van der Waals surface area contributed by atoms with Gasteiger partial charge in [-0.15, -0.1) is 0 Å². The molecule has 2 nitrogen and oxygen atoms in total. The molecule has 0 spiro atoms. The van der Waals surface area contributed by atoms with Crippen molar-refractivity contribution in [2.24, 2.45) is 5.73 Å². The van der Waals surface area contributed by atoms with Crippen LogP contribution in [0.2, 0.25) is 0 Å². The first kappa shape index (κ1) is 11.3. The highest BCUT2D eigenvalue weighted by Gasteiger charge is 2.06. The van der Waals surface area contributed by atoms with Gasteiger partial charge < -0.3 is 10.6 Å². The fourth-order valence-electron chi connectivity index (χ4n) is 0.933. The first-order chi connectivity index (χ1) is 5.22. The summed E-state index contributed by atoms with van der Waals surface area (Å²) in [6.07, 6.45) is 3.41. The predicted octanol–water partition coefficient (Wildman–Crippen LogP) is 1.02. The van der Waals surface area contributed by atoms with E-state index in [0.29, 0.717) is 6.04 Å². The monoisotopic (exact) mass is 176 g/mol. The van der Waals surface area contributed by atoms with E-state index in [0.717, 1.165) is 13.1 Å². The molecule has 2 N–H and O–H groups in total. The van der Waals surface area contributed by atoms with Gasteiger partial charge in [0.1, 0.15) is 0 Å². The molecule has 0 radical (unpaired) electrons. The molecule has 0 heterocycles. The maximum absolute atomic E-state index is 5.45. The molecule has 0 saturated heterocycles. The zero-order chi connectivity index (χ0) is 8.69. The van der Waals surface area contributed by atoms with Gasteiger partial charge in [-0.1, -0.05) is 0 Å². The zero-order valence-electron chi connectivity index (χ0n) is 7.84. The SMILES string of the molecule is CSCCC(C)N(C)CCN. The van der Waals surface area contributed by atoms with Gasteiger partial charge in [0.25, 0.3) is 0 Å². The molecular formula is C8H20N2S. The lowest BCUT2D eigenvalue weighted by atomic mass is 10.2. The van der Waals surface area contributed by atoms with Crippen LogP contribution in [-0.2, 0) is 0 Å². The van der Waals surface area contributed by atoms with Crippen molar-refractivity contribution in [2.75, 3.05) is 32.1 Å². The first-order valence-corrected chi connectivity index (χ1v) is 5.51. The minimum absolute atomic E-state index is 0.672. The number of likely N-dealkylation sites (N-methyl/N-ethyl adjacent to an activating group) is 1. The van der Waals surface area contributed by atoms with Gasteiger partial charge in [0.15, 0.2) is 0 Å². The van der Waals surface area contributed by atoms with Crippen molar-refractivity contribution in [3.05, 3.63) is 0 Å². The lowest BCUT2D eigenvalue weighted by molar-refractivity contribution is 0.260. The molecule has 0 bridgehead atoms. The molecule has 0 aromatic carbocycles. The molecule has 1 unspecified atom stereocenters. The Morgan fingerprint density at radius 1 is 1.55 bits per heavy atom. The number of nitrogens with two attached hydrogens (primary N) is 1. The Balaban J connectivity index is 3.38. The molecular weight excluding hydrogens is 156 g/mol. The van der Waals surface area contributed by atoms with E-state index in [-0.39, 0.29) is 0 Å². The van der Waals surface area contributed by atoms with Crippen molar-refractivity contribution in [3.63, 3.8) is 0 Å². The normalized spacial score (nSPS) is 13.9. The van der Waals surface area contributed by atoms with Crippen molar-refractivity contribution in [3.8, 4) is 0 Å². The third-order valence-electron chi connectivity index (χ3n) is 1.97. The van der Waals surface area contributed by atoms with Crippen LogP contribution in [0.25, 0.3) is 0 Å². The highest BCUT2D eigenvalue weighted by atomic mass is 32.2. The Kier molecular flexibility index (Phi) is 7.12. The summed E-state index contributed by atoms with van der Waals surface area (Å²) in [6.45, 7) is 4.03. The van der Waals surface area contributed by atoms with Gasteiger partial charge in [-0.25, -0.2) is 0 Å². The summed E-state index contributed by atoms with van der Waals surface area (Å²) in [6, 6.07) is 0.672.